The topological polar surface area (TPSA) is 52.7 Å². The summed E-state index contributed by atoms with van der Waals surface area (Å²) in [5, 5.41) is 2.97. The van der Waals surface area contributed by atoms with Crippen LogP contribution in [0.2, 0.25) is 0 Å². The lowest BCUT2D eigenvalue weighted by Crippen LogP contribution is -2.48. The average molecular weight is 363 g/mol. The fourth-order valence-corrected chi connectivity index (χ4v) is 3.46. The second kappa shape index (κ2) is 7.43. The maximum atomic E-state index is 12.9. The summed E-state index contributed by atoms with van der Waals surface area (Å²) in [4.78, 5) is 29.3. The third kappa shape index (κ3) is 4.13. The fourth-order valence-electron chi connectivity index (χ4n) is 3.46. The first-order valence-electron chi connectivity index (χ1n) is 9.62. The van der Waals surface area contributed by atoms with Crippen LogP contribution in [0, 0.1) is 6.92 Å². The standard InChI is InChI=1S/C22H25N3O2/c1-16-4-2-7-20(14-16)24-10-12-25(13-11-24)22(27)18-6-3-5-17(15-18)21(26)23-19-8-9-19/h2-7,14-15,19H,8-13H2,1H3,(H,23,26). The Hall–Kier alpha value is -2.82. The van der Waals surface area contributed by atoms with Gasteiger partial charge in [0.25, 0.3) is 11.8 Å². The summed E-state index contributed by atoms with van der Waals surface area (Å²) >= 11 is 0. The smallest absolute Gasteiger partial charge is 0.253 e. The number of hydrogen-bond donors (Lipinski definition) is 1. The molecule has 140 valence electrons. The molecule has 5 heteroatoms. The van der Waals surface area contributed by atoms with Gasteiger partial charge in [-0.05, 0) is 55.7 Å². The molecule has 5 nitrogen and oxygen atoms in total. The van der Waals surface area contributed by atoms with Gasteiger partial charge in [-0.2, -0.15) is 0 Å². The summed E-state index contributed by atoms with van der Waals surface area (Å²) in [6, 6.07) is 15.8. The molecule has 2 aliphatic rings. The van der Waals surface area contributed by atoms with Crippen molar-refractivity contribution in [2.45, 2.75) is 25.8 Å². The summed E-state index contributed by atoms with van der Waals surface area (Å²) < 4.78 is 0. The van der Waals surface area contributed by atoms with E-state index in [1.807, 2.05) is 4.90 Å². The zero-order chi connectivity index (χ0) is 18.8. The average Bonchev–Trinajstić information content (AvgIpc) is 3.51. The lowest BCUT2D eigenvalue weighted by Gasteiger charge is -2.36. The van der Waals surface area contributed by atoms with Crippen molar-refractivity contribution in [1.29, 1.82) is 0 Å². The molecule has 0 radical (unpaired) electrons. The Morgan fingerprint density at radius 1 is 0.926 bits per heavy atom. The monoisotopic (exact) mass is 363 g/mol. The van der Waals surface area contributed by atoms with Gasteiger partial charge in [0.15, 0.2) is 0 Å². The number of nitrogens with one attached hydrogen (secondary N) is 1. The molecule has 2 aromatic carbocycles. The van der Waals surface area contributed by atoms with E-state index in [-0.39, 0.29) is 11.8 Å². The molecule has 1 saturated heterocycles. The predicted molar refractivity (Wildman–Crippen MR) is 106 cm³/mol. The predicted octanol–water partition coefficient (Wildman–Crippen LogP) is 2.85. The van der Waals surface area contributed by atoms with Gasteiger partial charge in [0.1, 0.15) is 0 Å². The minimum Gasteiger partial charge on any atom is -0.368 e. The van der Waals surface area contributed by atoms with Crippen LogP contribution in [0.25, 0.3) is 0 Å². The van der Waals surface area contributed by atoms with Gasteiger partial charge in [0.05, 0.1) is 0 Å². The number of anilines is 1. The van der Waals surface area contributed by atoms with E-state index >= 15 is 0 Å². The van der Waals surface area contributed by atoms with Crippen molar-refractivity contribution in [3.8, 4) is 0 Å². The highest BCUT2D eigenvalue weighted by atomic mass is 16.2. The molecular formula is C22H25N3O2. The van der Waals surface area contributed by atoms with E-state index in [2.05, 4.69) is 41.4 Å². The number of carbonyl (C=O) groups excluding carboxylic acids is 2. The Morgan fingerprint density at radius 3 is 2.33 bits per heavy atom. The van der Waals surface area contributed by atoms with E-state index in [0.29, 0.717) is 30.3 Å². The molecule has 2 aromatic rings. The van der Waals surface area contributed by atoms with Gasteiger partial charge in [-0.15, -0.1) is 0 Å². The highest BCUT2D eigenvalue weighted by molar-refractivity contribution is 6.00. The van der Waals surface area contributed by atoms with E-state index < -0.39 is 0 Å². The Labute approximate surface area is 160 Å². The first kappa shape index (κ1) is 17.6. The highest BCUT2D eigenvalue weighted by Gasteiger charge is 2.25. The van der Waals surface area contributed by atoms with Crippen molar-refractivity contribution in [1.82, 2.24) is 10.2 Å². The van der Waals surface area contributed by atoms with Crippen LogP contribution in [0.5, 0.6) is 0 Å². The Bertz CT molecular complexity index is 852. The molecular weight excluding hydrogens is 338 g/mol. The van der Waals surface area contributed by atoms with E-state index in [9.17, 15) is 9.59 Å². The van der Waals surface area contributed by atoms with Crippen molar-refractivity contribution in [3.05, 3.63) is 65.2 Å². The molecule has 1 N–H and O–H groups in total. The van der Waals surface area contributed by atoms with E-state index in [0.717, 1.165) is 25.9 Å². The minimum absolute atomic E-state index is 0.0000332. The lowest BCUT2D eigenvalue weighted by atomic mass is 10.1. The van der Waals surface area contributed by atoms with E-state index in [4.69, 9.17) is 0 Å². The number of rotatable bonds is 4. The molecule has 1 heterocycles. The van der Waals surface area contributed by atoms with E-state index in [1.54, 1.807) is 24.3 Å². The Balaban J connectivity index is 1.39. The van der Waals surface area contributed by atoms with Gasteiger partial charge in [-0.1, -0.05) is 18.2 Å². The molecule has 2 fully saturated rings. The van der Waals surface area contributed by atoms with Crippen molar-refractivity contribution in [2.24, 2.45) is 0 Å². The zero-order valence-electron chi connectivity index (χ0n) is 15.6. The molecule has 1 aliphatic carbocycles. The SMILES string of the molecule is Cc1cccc(N2CCN(C(=O)c3cccc(C(=O)NC4CC4)c3)CC2)c1. The van der Waals surface area contributed by atoms with Crippen LogP contribution in [-0.2, 0) is 0 Å². The van der Waals surface area contributed by atoms with Gasteiger partial charge in [0, 0.05) is 49.0 Å². The van der Waals surface area contributed by atoms with Gasteiger partial charge >= 0.3 is 0 Å². The summed E-state index contributed by atoms with van der Waals surface area (Å²) in [6.07, 6.45) is 2.10. The third-order valence-electron chi connectivity index (χ3n) is 5.22. The zero-order valence-corrected chi connectivity index (χ0v) is 15.6. The molecule has 1 saturated carbocycles. The maximum Gasteiger partial charge on any atom is 0.253 e. The summed E-state index contributed by atoms with van der Waals surface area (Å²) in [5.74, 6) is -0.0867. The first-order chi connectivity index (χ1) is 13.1. The summed E-state index contributed by atoms with van der Waals surface area (Å²) in [6.45, 7) is 5.10. The number of carbonyl (C=O) groups is 2. The Kier molecular flexibility index (Phi) is 4.84. The van der Waals surface area contributed by atoms with Crippen molar-refractivity contribution in [2.75, 3.05) is 31.1 Å². The number of hydrogen-bond acceptors (Lipinski definition) is 3. The molecule has 0 bridgehead atoms. The summed E-state index contributed by atoms with van der Waals surface area (Å²) in [5.41, 5.74) is 3.60. The van der Waals surface area contributed by atoms with Crippen LogP contribution < -0.4 is 10.2 Å². The van der Waals surface area contributed by atoms with Gasteiger partial charge in [-0.25, -0.2) is 0 Å². The molecule has 4 rings (SSSR count). The van der Waals surface area contributed by atoms with Crippen molar-refractivity contribution < 1.29 is 9.59 Å². The van der Waals surface area contributed by atoms with Crippen LogP contribution in [0.4, 0.5) is 5.69 Å². The first-order valence-corrected chi connectivity index (χ1v) is 9.62. The van der Waals surface area contributed by atoms with Gasteiger partial charge in [0.2, 0.25) is 0 Å². The largest absolute Gasteiger partial charge is 0.368 e. The molecule has 0 spiro atoms. The molecule has 1 aliphatic heterocycles. The van der Waals surface area contributed by atoms with Crippen molar-refractivity contribution in [3.63, 3.8) is 0 Å². The summed E-state index contributed by atoms with van der Waals surface area (Å²) in [7, 11) is 0. The van der Waals surface area contributed by atoms with Crippen LogP contribution in [0.3, 0.4) is 0 Å². The molecule has 27 heavy (non-hydrogen) atoms. The Morgan fingerprint density at radius 2 is 1.63 bits per heavy atom. The van der Waals surface area contributed by atoms with Gasteiger partial charge < -0.3 is 15.1 Å². The number of amides is 2. The molecule has 0 aromatic heterocycles. The minimum atomic E-state index is -0.0867. The normalized spacial score (nSPS) is 16.9. The fraction of sp³-hybridized carbons (Fsp3) is 0.364. The number of piperazine rings is 1. The third-order valence-corrected chi connectivity index (χ3v) is 5.22. The van der Waals surface area contributed by atoms with Gasteiger partial charge in [-0.3, -0.25) is 9.59 Å². The molecule has 0 unspecified atom stereocenters. The number of benzene rings is 2. The maximum absolute atomic E-state index is 12.9. The molecule has 2 amide bonds. The van der Waals surface area contributed by atoms with Crippen LogP contribution in [-0.4, -0.2) is 48.9 Å². The second-order valence-electron chi connectivity index (χ2n) is 7.45. The lowest BCUT2D eigenvalue weighted by molar-refractivity contribution is 0.0747. The van der Waals surface area contributed by atoms with Crippen LogP contribution in [0.15, 0.2) is 48.5 Å². The molecule has 0 atom stereocenters. The van der Waals surface area contributed by atoms with Crippen LogP contribution >= 0.6 is 0 Å². The van der Waals surface area contributed by atoms with Crippen LogP contribution in [0.1, 0.15) is 39.1 Å². The number of aryl methyl sites for hydroxylation is 1. The quantitative estimate of drug-likeness (QED) is 0.909. The van der Waals surface area contributed by atoms with Crippen molar-refractivity contribution >= 4 is 17.5 Å². The number of nitrogens with zero attached hydrogens (tertiary/aromatic N) is 2. The second-order valence-corrected chi connectivity index (χ2v) is 7.45. The highest BCUT2D eigenvalue weighted by Crippen LogP contribution is 2.21. The van der Waals surface area contributed by atoms with E-state index in [1.165, 1.54) is 11.3 Å².